The van der Waals surface area contributed by atoms with Gasteiger partial charge in [-0.2, -0.15) is 0 Å². The molecule has 0 spiro atoms. The van der Waals surface area contributed by atoms with E-state index in [0.29, 0.717) is 12.1 Å². The van der Waals surface area contributed by atoms with Gasteiger partial charge in [0.25, 0.3) is 5.91 Å². The van der Waals surface area contributed by atoms with Gasteiger partial charge in [0.05, 0.1) is 17.4 Å². The molecular formula is C16H18BrN3O. The van der Waals surface area contributed by atoms with E-state index in [-0.39, 0.29) is 5.91 Å². The van der Waals surface area contributed by atoms with Crippen LogP contribution >= 0.6 is 15.9 Å². The molecule has 0 unspecified atom stereocenters. The fourth-order valence-electron chi connectivity index (χ4n) is 2.05. The molecule has 0 bridgehead atoms. The fourth-order valence-corrected chi connectivity index (χ4v) is 2.32. The van der Waals surface area contributed by atoms with E-state index in [1.807, 2.05) is 31.2 Å². The van der Waals surface area contributed by atoms with Gasteiger partial charge in [0.2, 0.25) is 0 Å². The van der Waals surface area contributed by atoms with Crippen LogP contribution in [0.4, 0.5) is 5.69 Å². The number of benzene rings is 1. The second kappa shape index (κ2) is 7.22. The minimum Gasteiger partial charge on any atom is -0.383 e. The molecule has 21 heavy (non-hydrogen) atoms. The van der Waals surface area contributed by atoms with Crippen LogP contribution in [0.15, 0.2) is 47.2 Å². The lowest BCUT2D eigenvalue weighted by Gasteiger charge is -2.19. The van der Waals surface area contributed by atoms with E-state index < -0.39 is 0 Å². The Bertz CT molecular complexity index is 613. The first-order valence-electron chi connectivity index (χ1n) is 6.79. The topological polar surface area (TPSA) is 45.2 Å². The summed E-state index contributed by atoms with van der Waals surface area (Å²) in [5.74, 6) is -0.0173. The first kappa shape index (κ1) is 15.5. The maximum Gasteiger partial charge on any atom is 0.256 e. The van der Waals surface area contributed by atoms with Crippen LogP contribution in [0, 0.1) is 0 Å². The zero-order valence-corrected chi connectivity index (χ0v) is 13.7. The number of amides is 1. The van der Waals surface area contributed by atoms with Crippen molar-refractivity contribution < 1.29 is 4.79 Å². The van der Waals surface area contributed by atoms with Crippen molar-refractivity contribution in [2.24, 2.45) is 0 Å². The van der Waals surface area contributed by atoms with Crippen molar-refractivity contribution in [1.29, 1.82) is 0 Å². The van der Waals surface area contributed by atoms with Gasteiger partial charge in [0.15, 0.2) is 0 Å². The number of halogens is 1. The average Bonchev–Trinajstić information content (AvgIpc) is 2.50. The van der Waals surface area contributed by atoms with E-state index in [0.717, 1.165) is 22.3 Å². The third kappa shape index (κ3) is 4.04. The number of rotatable bonds is 5. The van der Waals surface area contributed by atoms with Crippen molar-refractivity contribution in [3.63, 3.8) is 0 Å². The van der Waals surface area contributed by atoms with Crippen molar-refractivity contribution in [3.05, 3.63) is 58.3 Å². The van der Waals surface area contributed by atoms with Crippen molar-refractivity contribution in [3.8, 4) is 0 Å². The lowest BCUT2D eigenvalue weighted by Crippen LogP contribution is -2.27. The number of hydrogen-bond donors (Lipinski definition) is 1. The Morgan fingerprint density at radius 3 is 2.67 bits per heavy atom. The molecule has 0 aliphatic rings. The number of nitrogens with one attached hydrogen (secondary N) is 1. The van der Waals surface area contributed by atoms with E-state index in [1.54, 1.807) is 30.4 Å². The third-order valence-corrected chi connectivity index (χ3v) is 3.63. The van der Waals surface area contributed by atoms with E-state index >= 15 is 0 Å². The van der Waals surface area contributed by atoms with Crippen LogP contribution in [0.2, 0.25) is 0 Å². The van der Waals surface area contributed by atoms with Crippen LogP contribution in [-0.2, 0) is 6.54 Å². The monoisotopic (exact) mass is 347 g/mol. The molecule has 4 nitrogen and oxygen atoms in total. The highest BCUT2D eigenvalue weighted by molar-refractivity contribution is 9.10. The van der Waals surface area contributed by atoms with Crippen LogP contribution in [0.5, 0.6) is 0 Å². The molecule has 1 aromatic heterocycles. The van der Waals surface area contributed by atoms with Gasteiger partial charge >= 0.3 is 0 Å². The maximum absolute atomic E-state index is 12.6. The summed E-state index contributed by atoms with van der Waals surface area (Å²) in [5.41, 5.74) is 2.51. The summed E-state index contributed by atoms with van der Waals surface area (Å²) < 4.78 is 1.03. The highest BCUT2D eigenvalue weighted by Crippen LogP contribution is 2.17. The van der Waals surface area contributed by atoms with Gasteiger partial charge in [-0.1, -0.05) is 28.1 Å². The zero-order chi connectivity index (χ0) is 15.2. The molecule has 1 N–H and O–H groups in total. The number of carbonyl (C=O) groups excluding carboxylic acids is 1. The Balaban J connectivity index is 2.13. The molecule has 1 aromatic carbocycles. The Labute approximate surface area is 133 Å². The highest BCUT2D eigenvalue weighted by Gasteiger charge is 2.15. The van der Waals surface area contributed by atoms with E-state index in [4.69, 9.17) is 0 Å². The molecule has 0 radical (unpaired) electrons. The summed E-state index contributed by atoms with van der Waals surface area (Å²) in [4.78, 5) is 18.3. The minimum atomic E-state index is -0.0173. The predicted octanol–water partition coefficient (Wildman–Crippen LogP) is 3.55. The molecule has 0 aliphatic heterocycles. The molecule has 0 saturated carbocycles. The van der Waals surface area contributed by atoms with E-state index in [9.17, 15) is 4.79 Å². The van der Waals surface area contributed by atoms with Crippen molar-refractivity contribution in [1.82, 2.24) is 9.88 Å². The lowest BCUT2D eigenvalue weighted by atomic mass is 10.1. The minimum absolute atomic E-state index is 0.0173. The Morgan fingerprint density at radius 1 is 1.29 bits per heavy atom. The molecule has 2 rings (SSSR count). The molecule has 110 valence electrons. The first-order valence-corrected chi connectivity index (χ1v) is 7.59. The summed E-state index contributed by atoms with van der Waals surface area (Å²) in [6.45, 7) is 3.31. The Hall–Kier alpha value is -1.88. The Kier molecular flexibility index (Phi) is 5.33. The molecule has 0 atom stereocenters. The summed E-state index contributed by atoms with van der Waals surface area (Å²) in [7, 11) is 1.81. The quantitative estimate of drug-likeness (QED) is 0.899. The molecule has 0 saturated heterocycles. The molecule has 0 fully saturated rings. The average molecular weight is 348 g/mol. The number of aromatic nitrogens is 1. The van der Waals surface area contributed by atoms with Gasteiger partial charge in [-0.3, -0.25) is 9.78 Å². The summed E-state index contributed by atoms with van der Waals surface area (Å²) in [6.07, 6.45) is 3.33. The summed E-state index contributed by atoms with van der Waals surface area (Å²) >= 11 is 3.41. The first-order chi connectivity index (χ1) is 10.1. The maximum atomic E-state index is 12.6. The van der Waals surface area contributed by atoms with Crippen LogP contribution in [0.1, 0.15) is 22.8 Å². The molecule has 1 heterocycles. The normalized spacial score (nSPS) is 10.2. The van der Waals surface area contributed by atoms with Gasteiger partial charge in [-0.25, -0.2) is 0 Å². The summed E-state index contributed by atoms with van der Waals surface area (Å²) in [6, 6.07) is 9.71. The number of anilines is 1. The van der Waals surface area contributed by atoms with Crippen LogP contribution < -0.4 is 5.32 Å². The molecule has 1 amide bonds. The zero-order valence-electron chi connectivity index (χ0n) is 12.1. The van der Waals surface area contributed by atoms with E-state index in [1.165, 1.54) is 0 Å². The van der Waals surface area contributed by atoms with Crippen molar-refractivity contribution in [2.75, 3.05) is 18.9 Å². The summed E-state index contributed by atoms with van der Waals surface area (Å²) in [5, 5.41) is 3.17. The smallest absolute Gasteiger partial charge is 0.256 e. The van der Waals surface area contributed by atoms with Gasteiger partial charge < -0.3 is 10.2 Å². The number of nitrogens with zero attached hydrogens (tertiary/aromatic N) is 2. The predicted molar refractivity (Wildman–Crippen MR) is 88.3 cm³/mol. The SMILES string of the molecule is CCNc1cnccc1C(=O)N(C)Cc1ccc(Br)cc1. The fraction of sp³-hybridized carbons (Fsp3) is 0.250. The van der Waals surface area contributed by atoms with Crippen molar-refractivity contribution in [2.45, 2.75) is 13.5 Å². The number of carbonyl (C=O) groups is 1. The van der Waals surface area contributed by atoms with Crippen LogP contribution in [-0.4, -0.2) is 29.4 Å². The van der Waals surface area contributed by atoms with Gasteiger partial charge in [-0.15, -0.1) is 0 Å². The molecule has 5 heteroatoms. The Morgan fingerprint density at radius 2 is 2.00 bits per heavy atom. The third-order valence-electron chi connectivity index (χ3n) is 3.10. The molecular weight excluding hydrogens is 330 g/mol. The number of pyridine rings is 1. The standard InChI is InChI=1S/C16H18BrN3O/c1-3-19-15-10-18-9-8-14(15)16(21)20(2)11-12-4-6-13(17)7-5-12/h4-10,19H,3,11H2,1-2H3. The highest BCUT2D eigenvalue weighted by atomic mass is 79.9. The molecule has 2 aromatic rings. The van der Waals surface area contributed by atoms with Crippen LogP contribution in [0.3, 0.4) is 0 Å². The van der Waals surface area contributed by atoms with E-state index in [2.05, 4.69) is 26.2 Å². The van der Waals surface area contributed by atoms with Gasteiger partial charge in [0, 0.05) is 30.8 Å². The van der Waals surface area contributed by atoms with Crippen molar-refractivity contribution >= 4 is 27.5 Å². The lowest BCUT2D eigenvalue weighted by molar-refractivity contribution is 0.0786. The number of hydrogen-bond acceptors (Lipinski definition) is 3. The largest absolute Gasteiger partial charge is 0.383 e. The van der Waals surface area contributed by atoms with Gasteiger partial charge in [0.1, 0.15) is 0 Å². The second-order valence-electron chi connectivity index (χ2n) is 4.74. The van der Waals surface area contributed by atoms with Crippen LogP contribution in [0.25, 0.3) is 0 Å². The molecule has 0 aliphatic carbocycles. The second-order valence-corrected chi connectivity index (χ2v) is 5.65. The van der Waals surface area contributed by atoms with Gasteiger partial charge in [-0.05, 0) is 30.7 Å².